The minimum Gasteiger partial charge on any atom is -0.299 e. The van der Waals surface area contributed by atoms with Crippen molar-refractivity contribution in [1.29, 1.82) is 0 Å². The van der Waals surface area contributed by atoms with Crippen molar-refractivity contribution in [2.75, 3.05) is 0 Å². The van der Waals surface area contributed by atoms with Crippen LogP contribution in [-0.4, -0.2) is 5.78 Å². The van der Waals surface area contributed by atoms with E-state index in [0.717, 1.165) is 30.1 Å². The van der Waals surface area contributed by atoms with E-state index < -0.39 is 0 Å². The Bertz CT molecular complexity index is 346. The molecule has 0 heterocycles. The molecule has 13 heavy (non-hydrogen) atoms. The van der Waals surface area contributed by atoms with Crippen molar-refractivity contribution in [3.63, 3.8) is 0 Å². The minimum absolute atomic E-state index is 0.416. The summed E-state index contributed by atoms with van der Waals surface area (Å²) >= 11 is 3.65. The van der Waals surface area contributed by atoms with Gasteiger partial charge < -0.3 is 0 Å². The predicted octanol–water partition coefficient (Wildman–Crippen LogP) is 2.37. The van der Waals surface area contributed by atoms with E-state index in [0.29, 0.717) is 17.6 Å². The average Bonchev–Trinajstić information content (AvgIpc) is 2.67. The summed E-state index contributed by atoms with van der Waals surface area (Å²) in [5.41, 5.74) is 0. The van der Waals surface area contributed by atoms with Crippen LogP contribution in [0.5, 0.6) is 0 Å². The highest BCUT2D eigenvalue weighted by atomic mass is 79.9. The first-order valence-corrected chi connectivity index (χ1v) is 5.96. The summed E-state index contributed by atoms with van der Waals surface area (Å²) in [5.74, 6) is 4.66. The Morgan fingerprint density at radius 1 is 1.23 bits per heavy atom. The third-order valence-corrected chi connectivity index (χ3v) is 5.66. The first-order valence-electron chi connectivity index (χ1n) is 5.17. The summed E-state index contributed by atoms with van der Waals surface area (Å²) in [6, 6.07) is 0. The number of hydrogen-bond donors (Lipinski definition) is 0. The molecule has 0 aromatic heterocycles. The number of ketones is 1. The molecule has 0 saturated heterocycles. The molecule has 0 aromatic rings. The molecule has 4 aliphatic rings. The van der Waals surface area contributed by atoms with Crippen LogP contribution in [0.2, 0.25) is 0 Å². The first-order chi connectivity index (χ1) is 6.27. The van der Waals surface area contributed by atoms with E-state index >= 15 is 0 Å². The van der Waals surface area contributed by atoms with E-state index in [2.05, 4.69) is 22.0 Å². The van der Waals surface area contributed by atoms with Crippen molar-refractivity contribution in [1.82, 2.24) is 0 Å². The summed E-state index contributed by atoms with van der Waals surface area (Å²) in [6.45, 7) is 0. The van der Waals surface area contributed by atoms with Gasteiger partial charge in [0.15, 0.2) is 0 Å². The second kappa shape index (κ2) is 1.95. The molecule has 0 aromatic carbocycles. The molecule has 4 rings (SSSR count). The van der Waals surface area contributed by atoms with Crippen molar-refractivity contribution in [3.8, 4) is 0 Å². The van der Waals surface area contributed by atoms with Crippen LogP contribution in [0.1, 0.15) is 12.8 Å². The average molecular weight is 239 g/mol. The normalized spacial score (nSPS) is 60.7. The summed E-state index contributed by atoms with van der Waals surface area (Å²) in [6.07, 6.45) is 4.64. The quantitative estimate of drug-likeness (QED) is 0.634. The second-order valence-electron chi connectivity index (χ2n) is 5.08. The first kappa shape index (κ1) is 7.22. The minimum atomic E-state index is 0.416. The lowest BCUT2D eigenvalue weighted by molar-refractivity contribution is -0.121. The van der Waals surface area contributed by atoms with E-state index in [-0.39, 0.29) is 0 Å². The molecule has 4 aliphatic carbocycles. The van der Waals surface area contributed by atoms with Crippen LogP contribution in [0, 0.1) is 35.5 Å². The fraction of sp³-hybridized carbons (Fsp3) is 0.727. The fourth-order valence-corrected chi connectivity index (χ4v) is 5.52. The lowest BCUT2D eigenvalue weighted by Gasteiger charge is -2.25. The Morgan fingerprint density at radius 3 is 2.92 bits per heavy atom. The highest BCUT2D eigenvalue weighted by Crippen LogP contribution is 2.69. The Morgan fingerprint density at radius 2 is 2.08 bits per heavy atom. The SMILES string of the molecule is O=C1C[C@H]2[C@@H]3C=C(Br)[C@@H]4[C@@H]3C[C@@H]2[C@@H]14. The number of fused-ring (bicyclic) bond motifs is 2. The van der Waals surface area contributed by atoms with Gasteiger partial charge in [-0.3, -0.25) is 4.79 Å². The molecular weight excluding hydrogens is 228 g/mol. The summed E-state index contributed by atoms with van der Waals surface area (Å²) in [4.78, 5) is 11.8. The van der Waals surface area contributed by atoms with Gasteiger partial charge >= 0.3 is 0 Å². The van der Waals surface area contributed by atoms with Crippen LogP contribution in [0.4, 0.5) is 0 Å². The van der Waals surface area contributed by atoms with Gasteiger partial charge in [0, 0.05) is 18.3 Å². The number of carbonyl (C=O) groups is 1. The molecule has 68 valence electrons. The van der Waals surface area contributed by atoms with Crippen molar-refractivity contribution in [2.45, 2.75) is 12.8 Å². The van der Waals surface area contributed by atoms with Crippen molar-refractivity contribution < 1.29 is 4.79 Å². The highest BCUT2D eigenvalue weighted by Gasteiger charge is 2.66. The van der Waals surface area contributed by atoms with E-state index in [1.807, 2.05) is 0 Å². The lowest BCUT2D eigenvalue weighted by Crippen LogP contribution is -2.24. The third kappa shape index (κ3) is 0.604. The summed E-state index contributed by atoms with van der Waals surface area (Å²) < 4.78 is 1.35. The van der Waals surface area contributed by atoms with Crippen LogP contribution in [0.25, 0.3) is 0 Å². The fourth-order valence-electron chi connectivity index (χ4n) is 4.59. The van der Waals surface area contributed by atoms with Gasteiger partial charge in [0.2, 0.25) is 0 Å². The molecule has 2 bridgehead atoms. The molecule has 2 heteroatoms. The van der Waals surface area contributed by atoms with E-state index in [1.54, 1.807) is 0 Å². The van der Waals surface area contributed by atoms with Crippen LogP contribution < -0.4 is 0 Å². The van der Waals surface area contributed by atoms with Gasteiger partial charge in [0.25, 0.3) is 0 Å². The second-order valence-corrected chi connectivity index (χ2v) is 5.99. The number of rotatable bonds is 0. The molecule has 1 nitrogen and oxygen atoms in total. The van der Waals surface area contributed by atoms with E-state index in [1.165, 1.54) is 10.9 Å². The van der Waals surface area contributed by atoms with Gasteiger partial charge in [-0.15, -0.1) is 0 Å². The van der Waals surface area contributed by atoms with Gasteiger partial charge in [-0.1, -0.05) is 22.0 Å². The largest absolute Gasteiger partial charge is 0.299 e. The highest BCUT2D eigenvalue weighted by molar-refractivity contribution is 9.11. The van der Waals surface area contributed by atoms with Crippen molar-refractivity contribution in [3.05, 3.63) is 10.6 Å². The van der Waals surface area contributed by atoms with Gasteiger partial charge in [0.05, 0.1) is 0 Å². The van der Waals surface area contributed by atoms with E-state index in [4.69, 9.17) is 0 Å². The molecule has 0 amide bonds. The Labute approximate surface area is 85.7 Å². The molecular formula is C11H11BrO. The zero-order chi connectivity index (χ0) is 8.74. The van der Waals surface area contributed by atoms with Crippen LogP contribution >= 0.6 is 15.9 Å². The zero-order valence-electron chi connectivity index (χ0n) is 7.24. The zero-order valence-corrected chi connectivity index (χ0v) is 8.83. The summed E-state index contributed by atoms with van der Waals surface area (Å²) in [7, 11) is 0. The number of allylic oxidation sites excluding steroid dienone is 2. The topological polar surface area (TPSA) is 17.1 Å². The lowest BCUT2D eigenvalue weighted by atomic mass is 9.79. The van der Waals surface area contributed by atoms with Gasteiger partial charge in [0.1, 0.15) is 5.78 Å². The van der Waals surface area contributed by atoms with Gasteiger partial charge in [-0.2, -0.15) is 0 Å². The van der Waals surface area contributed by atoms with Gasteiger partial charge in [-0.05, 0) is 34.6 Å². The molecule has 0 unspecified atom stereocenters. The number of hydrogen-bond acceptors (Lipinski definition) is 1. The Balaban J connectivity index is 1.96. The maximum atomic E-state index is 11.8. The Kier molecular flexibility index (Phi) is 1.08. The molecule has 0 N–H and O–H groups in total. The molecule has 0 aliphatic heterocycles. The Hall–Kier alpha value is -0.110. The maximum Gasteiger partial charge on any atom is 0.137 e. The molecule has 3 saturated carbocycles. The van der Waals surface area contributed by atoms with Gasteiger partial charge in [-0.25, -0.2) is 0 Å². The molecule has 0 spiro atoms. The molecule has 3 fully saturated rings. The third-order valence-electron chi connectivity index (χ3n) is 4.87. The number of Topliss-reactive ketones (excluding diaryl/α,β-unsaturated/α-hetero) is 1. The monoisotopic (exact) mass is 238 g/mol. The smallest absolute Gasteiger partial charge is 0.137 e. The van der Waals surface area contributed by atoms with Crippen molar-refractivity contribution in [2.24, 2.45) is 35.5 Å². The van der Waals surface area contributed by atoms with Crippen LogP contribution in [0.3, 0.4) is 0 Å². The van der Waals surface area contributed by atoms with Crippen molar-refractivity contribution >= 4 is 21.7 Å². The van der Waals surface area contributed by atoms with E-state index in [9.17, 15) is 4.79 Å². The summed E-state index contributed by atoms with van der Waals surface area (Å²) in [5, 5.41) is 0. The molecule has 6 atom stereocenters. The molecule has 0 radical (unpaired) electrons. The predicted molar refractivity (Wildman–Crippen MR) is 52.2 cm³/mol. The standard InChI is InChI=1S/C11H11BrO/c12-8-2-4-5-3-9(13)11-7(5)1-6(4)10(8)11/h2,4-7,10-11H,1,3H2/t4-,5-,6+,7-,10-,11-/m0/s1. The maximum absolute atomic E-state index is 11.8. The van der Waals surface area contributed by atoms with Crippen LogP contribution in [-0.2, 0) is 4.79 Å². The van der Waals surface area contributed by atoms with Crippen LogP contribution in [0.15, 0.2) is 10.6 Å². The number of halogens is 1. The number of carbonyl (C=O) groups excluding carboxylic acids is 1.